The highest BCUT2D eigenvalue weighted by Gasteiger charge is 2.39. The number of halogens is 1. The topological polar surface area (TPSA) is 132 Å². The van der Waals surface area contributed by atoms with Crippen LogP contribution in [0.5, 0.6) is 11.5 Å². The summed E-state index contributed by atoms with van der Waals surface area (Å²) in [4.78, 5) is 56.1. The fraction of sp³-hybridized carbons (Fsp3) is 0.318. The van der Waals surface area contributed by atoms with Crippen molar-refractivity contribution in [1.82, 2.24) is 20.0 Å². The molecule has 12 heteroatoms. The third-order valence-electron chi connectivity index (χ3n) is 10.7. The van der Waals surface area contributed by atoms with Crippen molar-refractivity contribution >= 4 is 52.1 Å². The SMILES string of the molecule is O=C1CCC(N2Cc3c(NCCC(=O)N4CCN(CCOc5ccc(C(=C(CCCl)c6ccccc6)c6ccc(O)cc6)cc5)CC4)cccc3C2=O)C(=O)N1. The van der Waals surface area contributed by atoms with Crippen molar-refractivity contribution in [2.75, 3.05) is 57.1 Å². The smallest absolute Gasteiger partial charge is 0.255 e. The first-order chi connectivity index (χ1) is 27.3. The number of carbonyl (C=O) groups is 4. The number of allylic oxidation sites excluding steroid dienone is 1. The molecule has 56 heavy (non-hydrogen) atoms. The number of anilines is 1. The Morgan fingerprint density at radius 2 is 1.55 bits per heavy atom. The number of piperazine rings is 1. The molecule has 2 saturated heterocycles. The summed E-state index contributed by atoms with van der Waals surface area (Å²) < 4.78 is 6.16. The van der Waals surface area contributed by atoms with E-state index in [1.807, 2.05) is 53.4 Å². The number of aromatic hydroxyl groups is 1. The molecule has 4 amide bonds. The highest BCUT2D eigenvalue weighted by atomic mass is 35.5. The van der Waals surface area contributed by atoms with Crippen LogP contribution in [0, 0.1) is 0 Å². The molecule has 1 atom stereocenters. The van der Waals surface area contributed by atoms with E-state index in [0.717, 1.165) is 64.5 Å². The van der Waals surface area contributed by atoms with Gasteiger partial charge >= 0.3 is 0 Å². The Kier molecular flexibility index (Phi) is 12.3. The van der Waals surface area contributed by atoms with E-state index in [1.54, 1.807) is 24.3 Å². The van der Waals surface area contributed by atoms with Crippen LogP contribution >= 0.6 is 11.6 Å². The van der Waals surface area contributed by atoms with Crippen molar-refractivity contribution in [2.24, 2.45) is 0 Å². The van der Waals surface area contributed by atoms with Crippen LogP contribution in [0.3, 0.4) is 0 Å². The summed E-state index contributed by atoms with van der Waals surface area (Å²) in [6, 6.07) is 30.4. The van der Waals surface area contributed by atoms with Gasteiger partial charge in [-0.2, -0.15) is 0 Å². The number of imide groups is 1. The van der Waals surface area contributed by atoms with Gasteiger partial charge in [-0.25, -0.2) is 0 Å². The highest BCUT2D eigenvalue weighted by molar-refractivity contribution is 6.18. The standard InChI is InChI=1S/C44H46ClN5O6/c45-21-19-35(30-5-2-1-3-6-30)42(31-9-13-33(51)14-10-31)32-11-15-34(16-12-32)56-28-27-48-23-25-49(26-24-48)41(53)20-22-46-38-8-4-7-36-37(38)29-50(44(36)55)39-17-18-40(52)47-43(39)54/h1-16,39,46,51H,17-29H2,(H,47,52,54). The summed E-state index contributed by atoms with van der Waals surface area (Å²) in [6.07, 6.45) is 1.51. The number of fused-ring (bicyclic) bond motifs is 1. The van der Waals surface area contributed by atoms with Gasteiger partial charge in [0.25, 0.3) is 5.91 Å². The fourth-order valence-electron chi connectivity index (χ4n) is 7.74. The average Bonchev–Trinajstić information content (AvgIpc) is 3.55. The molecule has 4 aromatic carbocycles. The molecule has 3 aliphatic heterocycles. The normalized spacial score (nSPS) is 17.7. The van der Waals surface area contributed by atoms with Crippen LogP contribution in [-0.4, -0.2) is 101 Å². The number of nitrogens with one attached hydrogen (secondary N) is 2. The summed E-state index contributed by atoms with van der Waals surface area (Å²) >= 11 is 6.30. The van der Waals surface area contributed by atoms with Crippen molar-refractivity contribution in [2.45, 2.75) is 38.3 Å². The number of phenolic OH excluding ortho intramolecular Hbond substituents is 1. The van der Waals surface area contributed by atoms with Crippen LogP contribution in [0.1, 0.15) is 58.3 Å². The molecule has 0 saturated carbocycles. The fourth-order valence-corrected chi connectivity index (χ4v) is 7.92. The molecule has 0 bridgehead atoms. The van der Waals surface area contributed by atoms with Gasteiger partial charge in [0.2, 0.25) is 17.7 Å². The van der Waals surface area contributed by atoms with Gasteiger partial charge in [0.05, 0.1) is 0 Å². The molecule has 11 nitrogen and oxygen atoms in total. The van der Waals surface area contributed by atoms with E-state index < -0.39 is 11.9 Å². The van der Waals surface area contributed by atoms with E-state index in [-0.39, 0.29) is 36.4 Å². The van der Waals surface area contributed by atoms with Crippen LogP contribution in [0.25, 0.3) is 11.1 Å². The van der Waals surface area contributed by atoms with E-state index in [0.29, 0.717) is 56.9 Å². The molecule has 3 N–H and O–H groups in total. The number of benzene rings is 4. The number of alkyl halides is 1. The molecule has 3 heterocycles. The predicted octanol–water partition coefficient (Wildman–Crippen LogP) is 5.77. The van der Waals surface area contributed by atoms with Crippen LogP contribution < -0.4 is 15.4 Å². The lowest BCUT2D eigenvalue weighted by molar-refractivity contribution is -0.137. The summed E-state index contributed by atoms with van der Waals surface area (Å²) in [5.74, 6) is 0.561. The lowest BCUT2D eigenvalue weighted by Gasteiger charge is -2.34. The van der Waals surface area contributed by atoms with E-state index in [9.17, 15) is 24.3 Å². The Labute approximate surface area is 331 Å². The molecule has 290 valence electrons. The number of carbonyl (C=O) groups excluding carboxylic acids is 4. The van der Waals surface area contributed by atoms with Crippen molar-refractivity contribution < 1.29 is 29.0 Å². The third-order valence-corrected chi connectivity index (χ3v) is 10.9. The maximum atomic E-state index is 13.1. The molecule has 0 radical (unpaired) electrons. The van der Waals surface area contributed by atoms with Gasteiger partial charge in [-0.3, -0.25) is 29.4 Å². The van der Waals surface area contributed by atoms with Gasteiger partial charge in [-0.15, -0.1) is 11.6 Å². The Bertz CT molecular complexity index is 2080. The van der Waals surface area contributed by atoms with Gasteiger partial charge in [0, 0.05) is 81.3 Å². The number of hydrogen-bond donors (Lipinski definition) is 3. The number of nitrogens with zero attached hydrogens (tertiary/aromatic N) is 3. The summed E-state index contributed by atoms with van der Waals surface area (Å²) in [6.45, 7) is 4.75. The Balaban J connectivity index is 0.876. The highest BCUT2D eigenvalue weighted by Crippen LogP contribution is 2.36. The second-order valence-corrected chi connectivity index (χ2v) is 14.6. The third kappa shape index (κ3) is 8.90. The maximum Gasteiger partial charge on any atom is 0.255 e. The molecule has 3 aliphatic rings. The number of ether oxygens (including phenoxy) is 1. The number of phenols is 1. The molecule has 7 rings (SSSR count). The summed E-state index contributed by atoms with van der Waals surface area (Å²) in [5.41, 5.74) is 7.43. The predicted molar refractivity (Wildman–Crippen MR) is 216 cm³/mol. The Hall–Kier alpha value is -5.65. The van der Waals surface area contributed by atoms with Crippen LogP contribution in [-0.2, 0) is 20.9 Å². The van der Waals surface area contributed by atoms with Gasteiger partial charge in [0.1, 0.15) is 24.1 Å². The Morgan fingerprint density at radius 1 is 0.839 bits per heavy atom. The zero-order valence-corrected chi connectivity index (χ0v) is 32.0. The molecule has 1 unspecified atom stereocenters. The molecular formula is C44H46ClN5O6. The van der Waals surface area contributed by atoms with Crippen molar-refractivity contribution in [3.05, 3.63) is 125 Å². The van der Waals surface area contributed by atoms with Gasteiger partial charge < -0.3 is 25.0 Å². The first-order valence-electron chi connectivity index (χ1n) is 19.2. The lowest BCUT2D eigenvalue weighted by Crippen LogP contribution is -2.52. The van der Waals surface area contributed by atoms with Crippen LogP contribution in [0.15, 0.2) is 97.1 Å². The minimum absolute atomic E-state index is 0.0736. The van der Waals surface area contributed by atoms with Gasteiger partial charge in [-0.05, 0) is 77.1 Å². The molecule has 0 aliphatic carbocycles. The number of piperidine rings is 1. The molecule has 4 aromatic rings. The number of amides is 4. The van der Waals surface area contributed by atoms with Gasteiger partial charge in [0.15, 0.2) is 0 Å². The molecule has 2 fully saturated rings. The molecule has 0 spiro atoms. The summed E-state index contributed by atoms with van der Waals surface area (Å²) in [7, 11) is 0. The number of hydrogen-bond acceptors (Lipinski definition) is 8. The number of rotatable bonds is 14. The molecular weight excluding hydrogens is 730 g/mol. The first-order valence-corrected chi connectivity index (χ1v) is 19.7. The minimum Gasteiger partial charge on any atom is -0.508 e. The van der Waals surface area contributed by atoms with E-state index in [4.69, 9.17) is 16.3 Å². The second kappa shape index (κ2) is 17.9. The second-order valence-electron chi connectivity index (χ2n) is 14.2. The zero-order chi connectivity index (χ0) is 39.0. The Morgan fingerprint density at radius 3 is 2.25 bits per heavy atom. The monoisotopic (exact) mass is 775 g/mol. The summed E-state index contributed by atoms with van der Waals surface area (Å²) in [5, 5.41) is 15.6. The minimum atomic E-state index is -0.672. The van der Waals surface area contributed by atoms with Crippen molar-refractivity contribution in [3.63, 3.8) is 0 Å². The van der Waals surface area contributed by atoms with E-state index in [2.05, 4.69) is 39.8 Å². The van der Waals surface area contributed by atoms with E-state index in [1.165, 1.54) is 4.90 Å². The molecule has 0 aromatic heterocycles. The lowest BCUT2D eigenvalue weighted by atomic mass is 9.88. The quantitative estimate of drug-likeness (QED) is 0.0837. The van der Waals surface area contributed by atoms with Crippen molar-refractivity contribution in [3.8, 4) is 11.5 Å². The average molecular weight is 776 g/mol. The van der Waals surface area contributed by atoms with Gasteiger partial charge in [-0.1, -0.05) is 60.7 Å². The van der Waals surface area contributed by atoms with E-state index >= 15 is 0 Å². The zero-order valence-electron chi connectivity index (χ0n) is 31.2. The van der Waals surface area contributed by atoms with Crippen LogP contribution in [0.4, 0.5) is 5.69 Å². The first kappa shape index (κ1) is 38.6. The maximum absolute atomic E-state index is 13.1. The van der Waals surface area contributed by atoms with Crippen molar-refractivity contribution in [1.29, 1.82) is 0 Å². The largest absolute Gasteiger partial charge is 0.508 e. The van der Waals surface area contributed by atoms with Crippen LogP contribution in [0.2, 0.25) is 0 Å².